The standard InChI is InChI=1S/C30H25NO/c32-30(25-15-13-23(14-16-25)12-11-22-7-3-1-4-8-22)31-29-18-17-26-19-27(20-28(26)21-29)24-9-5-2-6-10-24/h1-10,13-18,20-21H,11-12,19H2,(H,31,32). The summed E-state index contributed by atoms with van der Waals surface area (Å²) in [6, 6.07) is 35.0. The molecule has 4 aromatic rings. The molecule has 32 heavy (non-hydrogen) atoms. The van der Waals surface area contributed by atoms with Crippen LogP contribution in [0.2, 0.25) is 0 Å². The average Bonchev–Trinajstić information content (AvgIpc) is 3.28. The van der Waals surface area contributed by atoms with Crippen molar-refractivity contribution >= 4 is 23.2 Å². The summed E-state index contributed by atoms with van der Waals surface area (Å²) in [5, 5.41) is 3.05. The summed E-state index contributed by atoms with van der Waals surface area (Å²) in [4.78, 5) is 12.8. The van der Waals surface area contributed by atoms with Gasteiger partial charge in [-0.2, -0.15) is 0 Å². The lowest BCUT2D eigenvalue weighted by atomic mass is 10.0. The molecule has 5 rings (SSSR count). The van der Waals surface area contributed by atoms with Crippen molar-refractivity contribution in [2.75, 3.05) is 5.32 Å². The number of allylic oxidation sites excluding steroid dienone is 1. The van der Waals surface area contributed by atoms with Gasteiger partial charge in [0, 0.05) is 11.3 Å². The van der Waals surface area contributed by atoms with Crippen LogP contribution in [0.1, 0.15) is 38.2 Å². The fourth-order valence-electron chi connectivity index (χ4n) is 4.21. The van der Waals surface area contributed by atoms with Crippen LogP contribution in [0.15, 0.2) is 103 Å². The van der Waals surface area contributed by atoms with E-state index in [0.29, 0.717) is 5.56 Å². The zero-order chi connectivity index (χ0) is 21.8. The van der Waals surface area contributed by atoms with Gasteiger partial charge in [-0.25, -0.2) is 0 Å². The first kappa shape index (κ1) is 20.0. The van der Waals surface area contributed by atoms with Crippen LogP contribution in [0.3, 0.4) is 0 Å². The van der Waals surface area contributed by atoms with E-state index in [-0.39, 0.29) is 5.91 Å². The van der Waals surface area contributed by atoms with Crippen molar-refractivity contribution < 1.29 is 4.79 Å². The third kappa shape index (κ3) is 4.55. The van der Waals surface area contributed by atoms with Gasteiger partial charge >= 0.3 is 0 Å². The quantitative estimate of drug-likeness (QED) is 0.368. The predicted molar refractivity (Wildman–Crippen MR) is 133 cm³/mol. The molecule has 0 aliphatic heterocycles. The fraction of sp³-hybridized carbons (Fsp3) is 0.100. The van der Waals surface area contributed by atoms with Gasteiger partial charge in [-0.1, -0.05) is 84.9 Å². The molecule has 2 heteroatoms. The van der Waals surface area contributed by atoms with Gasteiger partial charge in [0.1, 0.15) is 0 Å². The van der Waals surface area contributed by atoms with E-state index in [0.717, 1.165) is 24.9 Å². The molecule has 0 radical (unpaired) electrons. The van der Waals surface area contributed by atoms with Gasteiger partial charge in [0.2, 0.25) is 0 Å². The molecule has 0 fully saturated rings. The van der Waals surface area contributed by atoms with Crippen LogP contribution < -0.4 is 5.32 Å². The molecule has 0 heterocycles. The molecule has 4 aromatic carbocycles. The normalized spacial score (nSPS) is 12.2. The predicted octanol–water partition coefficient (Wildman–Crippen LogP) is 6.82. The highest BCUT2D eigenvalue weighted by Gasteiger charge is 2.15. The van der Waals surface area contributed by atoms with Crippen LogP contribution in [0, 0.1) is 0 Å². The lowest BCUT2D eigenvalue weighted by molar-refractivity contribution is 0.102. The Kier molecular flexibility index (Phi) is 5.67. The number of carbonyl (C=O) groups excluding carboxylic acids is 1. The number of anilines is 1. The Morgan fingerprint density at radius 3 is 2.09 bits per heavy atom. The second kappa shape index (κ2) is 9.07. The maximum absolute atomic E-state index is 12.8. The molecule has 0 aromatic heterocycles. The van der Waals surface area contributed by atoms with Crippen molar-refractivity contribution in [3.05, 3.63) is 137 Å². The number of aryl methyl sites for hydroxylation is 2. The van der Waals surface area contributed by atoms with Gasteiger partial charge in [0.25, 0.3) is 5.91 Å². The molecule has 0 bridgehead atoms. The fourth-order valence-corrected chi connectivity index (χ4v) is 4.21. The lowest BCUT2D eigenvalue weighted by Gasteiger charge is -2.08. The summed E-state index contributed by atoms with van der Waals surface area (Å²) in [5.41, 5.74) is 9.11. The van der Waals surface area contributed by atoms with E-state index in [1.165, 1.54) is 33.4 Å². The van der Waals surface area contributed by atoms with Crippen molar-refractivity contribution in [1.82, 2.24) is 0 Å². The van der Waals surface area contributed by atoms with Gasteiger partial charge in [-0.3, -0.25) is 4.79 Å². The van der Waals surface area contributed by atoms with Crippen molar-refractivity contribution in [1.29, 1.82) is 0 Å². The first-order valence-corrected chi connectivity index (χ1v) is 11.1. The Balaban J connectivity index is 1.23. The molecule has 1 amide bonds. The summed E-state index contributed by atoms with van der Waals surface area (Å²) >= 11 is 0. The Morgan fingerprint density at radius 1 is 0.719 bits per heavy atom. The summed E-state index contributed by atoms with van der Waals surface area (Å²) in [7, 11) is 0. The molecule has 156 valence electrons. The van der Waals surface area contributed by atoms with E-state index in [2.05, 4.69) is 84.2 Å². The van der Waals surface area contributed by atoms with Gasteiger partial charge < -0.3 is 5.32 Å². The molecule has 1 aliphatic rings. The minimum Gasteiger partial charge on any atom is -0.322 e. The Labute approximate surface area is 189 Å². The number of hydrogen-bond donors (Lipinski definition) is 1. The highest BCUT2D eigenvalue weighted by molar-refractivity contribution is 6.04. The number of amides is 1. The number of fused-ring (bicyclic) bond motifs is 1. The first-order valence-electron chi connectivity index (χ1n) is 11.1. The number of rotatable bonds is 6. The van der Waals surface area contributed by atoms with E-state index in [4.69, 9.17) is 0 Å². The monoisotopic (exact) mass is 415 g/mol. The average molecular weight is 416 g/mol. The van der Waals surface area contributed by atoms with Crippen LogP contribution in [0.25, 0.3) is 11.6 Å². The Hall–Kier alpha value is -3.91. The topological polar surface area (TPSA) is 29.1 Å². The molecule has 1 N–H and O–H groups in total. The van der Waals surface area contributed by atoms with Gasteiger partial charge in [0.15, 0.2) is 0 Å². The van der Waals surface area contributed by atoms with E-state index >= 15 is 0 Å². The maximum Gasteiger partial charge on any atom is 0.255 e. The summed E-state index contributed by atoms with van der Waals surface area (Å²) < 4.78 is 0. The second-order valence-electron chi connectivity index (χ2n) is 8.26. The molecule has 2 nitrogen and oxygen atoms in total. The molecule has 0 saturated carbocycles. The maximum atomic E-state index is 12.8. The molecule has 1 aliphatic carbocycles. The SMILES string of the molecule is O=C(Nc1ccc2c(c1)C=C(c1ccccc1)C2)c1ccc(CCc2ccccc2)cc1. The van der Waals surface area contributed by atoms with Crippen molar-refractivity contribution in [3.63, 3.8) is 0 Å². The highest BCUT2D eigenvalue weighted by atomic mass is 16.1. The van der Waals surface area contributed by atoms with E-state index in [9.17, 15) is 4.79 Å². The third-order valence-electron chi connectivity index (χ3n) is 6.02. The minimum absolute atomic E-state index is 0.0789. The molecular weight excluding hydrogens is 390 g/mol. The molecular formula is C30H25NO. The zero-order valence-electron chi connectivity index (χ0n) is 17.9. The van der Waals surface area contributed by atoms with Gasteiger partial charge in [0.05, 0.1) is 0 Å². The van der Waals surface area contributed by atoms with Crippen LogP contribution >= 0.6 is 0 Å². The minimum atomic E-state index is -0.0789. The summed E-state index contributed by atoms with van der Waals surface area (Å²) in [5.74, 6) is -0.0789. The van der Waals surface area contributed by atoms with Gasteiger partial charge in [-0.05, 0) is 76.9 Å². The van der Waals surface area contributed by atoms with Crippen LogP contribution in [0.5, 0.6) is 0 Å². The number of benzene rings is 4. The second-order valence-corrected chi connectivity index (χ2v) is 8.26. The number of nitrogens with one attached hydrogen (secondary N) is 1. The van der Waals surface area contributed by atoms with Crippen LogP contribution in [-0.2, 0) is 19.3 Å². The summed E-state index contributed by atoms with van der Waals surface area (Å²) in [6.07, 6.45) is 5.12. The Morgan fingerprint density at radius 2 is 1.38 bits per heavy atom. The van der Waals surface area contributed by atoms with Crippen molar-refractivity contribution in [2.45, 2.75) is 19.3 Å². The van der Waals surface area contributed by atoms with E-state index in [1.54, 1.807) is 0 Å². The van der Waals surface area contributed by atoms with Crippen molar-refractivity contribution in [2.24, 2.45) is 0 Å². The molecule has 0 atom stereocenters. The smallest absolute Gasteiger partial charge is 0.255 e. The third-order valence-corrected chi connectivity index (χ3v) is 6.02. The lowest BCUT2D eigenvalue weighted by Crippen LogP contribution is -2.12. The summed E-state index contributed by atoms with van der Waals surface area (Å²) in [6.45, 7) is 0. The van der Waals surface area contributed by atoms with Crippen LogP contribution in [0.4, 0.5) is 5.69 Å². The first-order chi connectivity index (χ1) is 15.7. The highest BCUT2D eigenvalue weighted by Crippen LogP contribution is 2.33. The molecule has 0 spiro atoms. The molecule has 0 saturated heterocycles. The largest absolute Gasteiger partial charge is 0.322 e. The number of hydrogen-bond acceptors (Lipinski definition) is 1. The van der Waals surface area contributed by atoms with Gasteiger partial charge in [-0.15, -0.1) is 0 Å². The van der Waals surface area contributed by atoms with Crippen LogP contribution in [-0.4, -0.2) is 5.91 Å². The zero-order valence-corrected chi connectivity index (χ0v) is 17.9. The molecule has 0 unspecified atom stereocenters. The Bertz CT molecular complexity index is 1260. The number of carbonyl (C=O) groups is 1. The van der Waals surface area contributed by atoms with E-state index < -0.39 is 0 Å². The van der Waals surface area contributed by atoms with Crippen molar-refractivity contribution in [3.8, 4) is 0 Å². The van der Waals surface area contributed by atoms with E-state index in [1.807, 2.05) is 30.3 Å².